The van der Waals surface area contributed by atoms with E-state index in [2.05, 4.69) is 15.5 Å². The first-order chi connectivity index (χ1) is 12.1. The monoisotopic (exact) mass is 341 g/mol. The van der Waals surface area contributed by atoms with E-state index in [0.717, 1.165) is 25.1 Å². The zero-order valence-corrected chi connectivity index (χ0v) is 13.9. The summed E-state index contributed by atoms with van der Waals surface area (Å²) in [4.78, 5) is 31.8. The van der Waals surface area contributed by atoms with Crippen LogP contribution in [0.3, 0.4) is 0 Å². The van der Waals surface area contributed by atoms with Crippen LogP contribution in [0.25, 0.3) is 0 Å². The third-order valence-electron chi connectivity index (χ3n) is 4.64. The topological polar surface area (TPSA) is 91.6 Å². The van der Waals surface area contributed by atoms with Gasteiger partial charge in [0.15, 0.2) is 5.82 Å². The van der Waals surface area contributed by atoms with Gasteiger partial charge < -0.3 is 19.6 Å². The van der Waals surface area contributed by atoms with E-state index in [-0.39, 0.29) is 18.0 Å². The number of amides is 3. The maximum absolute atomic E-state index is 12.6. The molecule has 8 heteroatoms. The number of rotatable bonds is 3. The van der Waals surface area contributed by atoms with E-state index in [4.69, 9.17) is 4.52 Å². The smallest absolute Gasteiger partial charge is 0.322 e. The first kappa shape index (κ1) is 15.6. The van der Waals surface area contributed by atoms with Crippen molar-refractivity contribution in [3.8, 4) is 0 Å². The Bertz CT molecular complexity index is 801. The summed E-state index contributed by atoms with van der Waals surface area (Å²) in [6, 6.07) is 6.96. The number of carbonyl (C=O) groups is 2. The molecule has 2 aliphatic rings. The Kier molecular flexibility index (Phi) is 3.87. The fourth-order valence-electron chi connectivity index (χ4n) is 3.24. The molecule has 0 aliphatic carbocycles. The minimum absolute atomic E-state index is 0.132. The number of nitrogens with zero attached hydrogens (tertiary/aromatic N) is 4. The Morgan fingerprint density at radius 1 is 1.28 bits per heavy atom. The van der Waals surface area contributed by atoms with Crippen LogP contribution in [0.2, 0.25) is 0 Å². The van der Waals surface area contributed by atoms with Crippen LogP contribution < -0.4 is 10.2 Å². The molecular formula is C17H19N5O3. The van der Waals surface area contributed by atoms with E-state index in [9.17, 15) is 9.59 Å². The molecule has 1 N–H and O–H groups in total. The van der Waals surface area contributed by atoms with Gasteiger partial charge in [-0.2, -0.15) is 4.98 Å². The number of aryl methyl sites for hydroxylation is 1. The van der Waals surface area contributed by atoms with E-state index in [1.807, 2.05) is 24.3 Å². The van der Waals surface area contributed by atoms with Crippen molar-refractivity contribution in [1.29, 1.82) is 0 Å². The molecular weight excluding hydrogens is 322 g/mol. The van der Waals surface area contributed by atoms with Gasteiger partial charge in [-0.25, -0.2) is 4.79 Å². The summed E-state index contributed by atoms with van der Waals surface area (Å²) < 4.78 is 5.03. The second-order valence-corrected chi connectivity index (χ2v) is 6.30. The Hall–Kier alpha value is -2.90. The van der Waals surface area contributed by atoms with E-state index >= 15 is 0 Å². The number of carbonyl (C=O) groups excluding carboxylic acids is 2. The number of hydrogen-bond donors (Lipinski definition) is 1. The third-order valence-corrected chi connectivity index (χ3v) is 4.64. The van der Waals surface area contributed by atoms with Crippen LogP contribution in [0.4, 0.5) is 16.2 Å². The molecule has 1 atom stereocenters. The molecule has 2 aromatic rings. The molecule has 8 nitrogen and oxygen atoms in total. The summed E-state index contributed by atoms with van der Waals surface area (Å²) >= 11 is 0. The number of aromatic nitrogens is 2. The minimum Gasteiger partial charge on any atom is -0.340 e. The largest absolute Gasteiger partial charge is 0.340 e. The lowest BCUT2D eigenvalue weighted by Crippen LogP contribution is -2.43. The zero-order chi connectivity index (χ0) is 17.4. The summed E-state index contributed by atoms with van der Waals surface area (Å²) in [6.45, 7) is 3.15. The van der Waals surface area contributed by atoms with Crippen molar-refractivity contribution in [3.05, 3.63) is 36.0 Å². The van der Waals surface area contributed by atoms with Gasteiger partial charge in [-0.1, -0.05) is 5.16 Å². The number of likely N-dealkylation sites (tertiary alicyclic amines) is 1. The molecule has 1 aromatic carbocycles. The van der Waals surface area contributed by atoms with Crippen LogP contribution >= 0.6 is 0 Å². The molecule has 25 heavy (non-hydrogen) atoms. The molecule has 0 spiro atoms. The zero-order valence-electron chi connectivity index (χ0n) is 13.9. The normalized spacial score (nSPS) is 19.9. The Balaban J connectivity index is 1.43. The summed E-state index contributed by atoms with van der Waals surface area (Å²) in [5, 5.41) is 6.85. The molecule has 2 fully saturated rings. The van der Waals surface area contributed by atoms with Crippen LogP contribution in [-0.4, -0.2) is 40.1 Å². The van der Waals surface area contributed by atoms with Gasteiger partial charge in [0.25, 0.3) is 0 Å². The van der Waals surface area contributed by atoms with Crippen molar-refractivity contribution in [2.45, 2.75) is 32.2 Å². The molecule has 130 valence electrons. The number of nitrogens with one attached hydrogen (secondary N) is 1. The van der Waals surface area contributed by atoms with Crippen LogP contribution in [0.15, 0.2) is 28.8 Å². The van der Waals surface area contributed by atoms with Crippen molar-refractivity contribution in [3.63, 3.8) is 0 Å². The molecule has 3 amide bonds. The van der Waals surface area contributed by atoms with Gasteiger partial charge in [-0.15, -0.1) is 0 Å². The molecule has 1 aromatic heterocycles. The number of urea groups is 1. The van der Waals surface area contributed by atoms with Crippen molar-refractivity contribution >= 4 is 23.3 Å². The summed E-state index contributed by atoms with van der Waals surface area (Å²) in [5.74, 6) is 1.18. The highest BCUT2D eigenvalue weighted by Gasteiger charge is 2.33. The van der Waals surface area contributed by atoms with Crippen LogP contribution in [0, 0.1) is 6.92 Å². The lowest BCUT2D eigenvalue weighted by Gasteiger charge is -2.30. The summed E-state index contributed by atoms with van der Waals surface area (Å²) in [5.41, 5.74) is 1.55. The van der Waals surface area contributed by atoms with E-state index in [0.29, 0.717) is 30.4 Å². The first-order valence-corrected chi connectivity index (χ1v) is 8.40. The molecule has 0 saturated carbocycles. The molecule has 0 unspecified atom stereocenters. The summed E-state index contributed by atoms with van der Waals surface area (Å²) in [6.07, 6.45) is 2.33. The van der Waals surface area contributed by atoms with E-state index in [1.165, 1.54) is 0 Å². The van der Waals surface area contributed by atoms with Gasteiger partial charge in [-0.05, 0) is 37.1 Å². The first-order valence-electron chi connectivity index (χ1n) is 8.40. The van der Waals surface area contributed by atoms with Crippen LogP contribution in [0.5, 0.6) is 0 Å². The number of β-lactam (4-membered cyclic amide) rings is 1. The average molecular weight is 341 g/mol. The molecule has 4 rings (SSSR count). The molecule has 0 bridgehead atoms. The predicted molar refractivity (Wildman–Crippen MR) is 90.1 cm³/mol. The quantitative estimate of drug-likeness (QED) is 0.866. The fourth-order valence-corrected chi connectivity index (χ4v) is 3.24. The van der Waals surface area contributed by atoms with Crippen molar-refractivity contribution in [2.75, 3.05) is 23.3 Å². The van der Waals surface area contributed by atoms with Crippen molar-refractivity contribution in [1.82, 2.24) is 15.0 Å². The SMILES string of the molecule is Cc1nc([C@@H]2CCCN2C(=O)Nc2ccc(N3CCC3=O)cc2)no1. The Morgan fingerprint density at radius 2 is 2.08 bits per heavy atom. The number of hydrogen-bond acceptors (Lipinski definition) is 5. The average Bonchev–Trinajstić information content (AvgIpc) is 3.23. The van der Waals surface area contributed by atoms with Crippen LogP contribution in [0.1, 0.15) is 37.0 Å². The highest BCUT2D eigenvalue weighted by Crippen LogP contribution is 2.31. The van der Waals surface area contributed by atoms with E-state index < -0.39 is 0 Å². The van der Waals surface area contributed by atoms with Gasteiger partial charge in [0.05, 0.1) is 6.04 Å². The van der Waals surface area contributed by atoms with Gasteiger partial charge in [0.2, 0.25) is 11.8 Å². The fraction of sp³-hybridized carbons (Fsp3) is 0.412. The highest BCUT2D eigenvalue weighted by atomic mass is 16.5. The third kappa shape index (κ3) is 2.95. The minimum atomic E-state index is -0.183. The van der Waals surface area contributed by atoms with Gasteiger partial charge in [-0.3, -0.25) is 4.79 Å². The lowest BCUT2D eigenvalue weighted by molar-refractivity contribution is -0.122. The summed E-state index contributed by atoms with van der Waals surface area (Å²) in [7, 11) is 0. The number of benzene rings is 1. The van der Waals surface area contributed by atoms with Crippen molar-refractivity contribution < 1.29 is 14.1 Å². The Labute approximate surface area is 144 Å². The molecule has 2 aliphatic heterocycles. The maximum atomic E-state index is 12.6. The van der Waals surface area contributed by atoms with E-state index in [1.54, 1.807) is 16.7 Å². The van der Waals surface area contributed by atoms with Crippen LogP contribution in [-0.2, 0) is 4.79 Å². The van der Waals surface area contributed by atoms with Crippen molar-refractivity contribution in [2.24, 2.45) is 0 Å². The van der Waals surface area contributed by atoms with Gasteiger partial charge in [0, 0.05) is 37.8 Å². The molecule has 3 heterocycles. The second kappa shape index (κ2) is 6.19. The second-order valence-electron chi connectivity index (χ2n) is 6.30. The van der Waals surface area contributed by atoms with Gasteiger partial charge in [0.1, 0.15) is 0 Å². The maximum Gasteiger partial charge on any atom is 0.322 e. The Morgan fingerprint density at radius 3 is 2.68 bits per heavy atom. The van der Waals surface area contributed by atoms with Gasteiger partial charge >= 0.3 is 6.03 Å². The predicted octanol–water partition coefficient (Wildman–Crippen LogP) is 2.48. The standard InChI is InChI=1S/C17H19N5O3/c1-11-18-16(20-25-11)14-3-2-9-22(14)17(24)19-12-4-6-13(7-5-12)21-10-8-15(21)23/h4-7,14H,2-3,8-10H2,1H3,(H,19,24)/t14-/m0/s1. The highest BCUT2D eigenvalue weighted by molar-refractivity contribution is 5.99. The molecule has 0 radical (unpaired) electrons. The lowest BCUT2D eigenvalue weighted by atomic mass is 10.1. The molecule has 2 saturated heterocycles. The number of anilines is 2.